The van der Waals surface area contributed by atoms with Gasteiger partial charge in [0.2, 0.25) is 5.91 Å². The molecule has 0 aliphatic carbocycles. The van der Waals surface area contributed by atoms with Crippen LogP contribution in [0.3, 0.4) is 0 Å². The fraction of sp³-hybridized carbons (Fsp3) is 0.600. The van der Waals surface area contributed by atoms with E-state index in [9.17, 15) is 9.59 Å². The Hall–Kier alpha value is -1.40. The summed E-state index contributed by atoms with van der Waals surface area (Å²) in [7, 11) is 0. The van der Waals surface area contributed by atoms with Crippen LogP contribution in [-0.4, -0.2) is 40.0 Å². The molecule has 1 saturated heterocycles. The zero-order valence-electron chi connectivity index (χ0n) is 15.7. The van der Waals surface area contributed by atoms with E-state index >= 15 is 0 Å². The van der Waals surface area contributed by atoms with Gasteiger partial charge in [-0.2, -0.15) is 0 Å². The van der Waals surface area contributed by atoms with E-state index in [0.29, 0.717) is 6.61 Å². The molecular weight excluding hydrogens is 398 g/mol. The molecule has 0 aromatic heterocycles. The van der Waals surface area contributed by atoms with Crippen LogP contribution in [0.15, 0.2) is 30.3 Å². The Morgan fingerprint density at radius 1 is 1.23 bits per heavy atom. The smallest absolute Gasteiger partial charge is 0.417 e. The maximum atomic E-state index is 12.6. The lowest BCUT2D eigenvalue weighted by Gasteiger charge is -2.29. The van der Waals surface area contributed by atoms with Crippen LogP contribution in [0.2, 0.25) is 0 Å². The summed E-state index contributed by atoms with van der Waals surface area (Å²) in [5.74, 6) is -0.221. The molecule has 0 unspecified atom stereocenters. The topological polar surface area (TPSA) is 55.8 Å². The molecule has 1 fully saturated rings. The van der Waals surface area contributed by atoms with Gasteiger partial charge in [0.15, 0.2) is 0 Å². The SMILES string of the molecule is CC(C)(C)OC(=O)N1C(=O)C[C@H](OCc2ccccc2)[C@H]1CCCCBr. The molecule has 6 heteroatoms. The minimum absolute atomic E-state index is 0.213. The molecule has 144 valence electrons. The van der Waals surface area contributed by atoms with Gasteiger partial charge in [-0.3, -0.25) is 4.79 Å². The molecule has 0 N–H and O–H groups in total. The van der Waals surface area contributed by atoms with Crippen LogP contribution in [-0.2, 0) is 20.9 Å². The molecule has 1 aromatic rings. The Morgan fingerprint density at radius 2 is 1.92 bits per heavy atom. The van der Waals surface area contributed by atoms with Crippen LogP contribution in [0.5, 0.6) is 0 Å². The minimum atomic E-state index is -0.638. The number of hydrogen-bond donors (Lipinski definition) is 0. The third-order valence-corrected chi connectivity index (χ3v) is 4.75. The number of ether oxygens (including phenoxy) is 2. The van der Waals surface area contributed by atoms with E-state index in [2.05, 4.69) is 15.9 Å². The lowest BCUT2D eigenvalue weighted by Crippen LogP contribution is -2.44. The molecule has 1 aliphatic rings. The number of halogens is 1. The predicted molar refractivity (Wildman–Crippen MR) is 104 cm³/mol. The highest BCUT2D eigenvalue weighted by Gasteiger charge is 2.45. The third kappa shape index (κ3) is 6.09. The number of nitrogens with zero attached hydrogens (tertiary/aromatic N) is 1. The van der Waals surface area contributed by atoms with Gasteiger partial charge in [0.05, 0.1) is 25.2 Å². The number of carbonyl (C=O) groups is 2. The van der Waals surface area contributed by atoms with Crippen LogP contribution in [0, 0.1) is 0 Å². The van der Waals surface area contributed by atoms with E-state index in [0.717, 1.165) is 30.2 Å². The van der Waals surface area contributed by atoms with Gasteiger partial charge in [-0.25, -0.2) is 9.69 Å². The lowest BCUT2D eigenvalue weighted by atomic mass is 10.0. The van der Waals surface area contributed by atoms with E-state index in [1.54, 1.807) is 20.8 Å². The zero-order chi connectivity index (χ0) is 19.2. The maximum Gasteiger partial charge on any atom is 0.417 e. The minimum Gasteiger partial charge on any atom is -0.443 e. The van der Waals surface area contributed by atoms with Crippen LogP contribution in [0.25, 0.3) is 0 Å². The number of carbonyl (C=O) groups excluding carboxylic acids is 2. The van der Waals surface area contributed by atoms with Crippen LogP contribution >= 0.6 is 15.9 Å². The summed E-state index contributed by atoms with van der Waals surface area (Å²) in [5, 5.41) is 0.898. The summed E-state index contributed by atoms with van der Waals surface area (Å²) >= 11 is 3.43. The molecule has 1 heterocycles. The highest BCUT2D eigenvalue weighted by Crippen LogP contribution is 2.29. The van der Waals surface area contributed by atoms with E-state index in [1.165, 1.54) is 4.90 Å². The Balaban J connectivity index is 2.08. The number of imide groups is 1. The van der Waals surface area contributed by atoms with Gasteiger partial charge in [-0.05, 0) is 39.2 Å². The summed E-state index contributed by atoms with van der Waals surface area (Å²) in [6.07, 6.45) is 1.95. The Bertz CT molecular complexity index is 600. The summed E-state index contributed by atoms with van der Waals surface area (Å²) in [6, 6.07) is 9.57. The molecule has 26 heavy (non-hydrogen) atoms. The van der Waals surface area contributed by atoms with Gasteiger partial charge < -0.3 is 9.47 Å². The van der Waals surface area contributed by atoms with Gasteiger partial charge in [0.1, 0.15) is 5.60 Å². The average Bonchev–Trinajstić information content (AvgIpc) is 2.88. The second-order valence-electron chi connectivity index (χ2n) is 7.54. The van der Waals surface area contributed by atoms with Crippen molar-refractivity contribution in [2.75, 3.05) is 5.33 Å². The molecule has 2 atom stereocenters. The van der Waals surface area contributed by atoms with Gasteiger partial charge >= 0.3 is 6.09 Å². The Morgan fingerprint density at radius 3 is 2.54 bits per heavy atom. The first-order valence-electron chi connectivity index (χ1n) is 9.08. The van der Waals surface area contributed by atoms with Crippen molar-refractivity contribution in [2.45, 2.75) is 70.8 Å². The van der Waals surface area contributed by atoms with Crippen LogP contribution in [0.4, 0.5) is 4.79 Å². The Labute approximate surface area is 164 Å². The molecule has 1 aromatic carbocycles. The van der Waals surface area contributed by atoms with E-state index in [-0.39, 0.29) is 24.5 Å². The zero-order valence-corrected chi connectivity index (χ0v) is 17.3. The molecule has 1 aliphatic heterocycles. The summed E-state index contributed by atoms with van der Waals surface area (Å²) in [4.78, 5) is 26.3. The fourth-order valence-electron chi connectivity index (χ4n) is 3.02. The number of benzene rings is 1. The van der Waals surface area contributed by atoms with Crippen molar-refractivity contribution in [3.05, 3.63) is 35.9 Å². The average molecular weight is 426 g/mol. The first-order chi connectivity index (χ1) is 12.3. The van der Waals surface area contributed by atoms with Crippen molar-refractivity contribution in [2.24, 2.45) is 0 Å². The van der Waals surface area contributed by atoms with Crippen molar-refractivity contribution in [3.8, 4) is 0 Å². The van der Waals surface area contributed by atoms with Gasteiger partial charge in [0, 0.05) is 5.33 Å². The number of hydrogen-bond acceptors (Lipinski definition) is 4. The van der Waals surface area contributed by atoms with E-state index in [1.807, 2.05) is 30.3 Å². The quantitative estimate of drug-likeness (QED) is 0.470. The third-order valence-electron chi connectivity index (χ3n) is 4.19. The van der Waals surface area contributed by atoms with Crippen molar-refractivity contribution in [1.29, 1.82) is 0 Å². The number of alkyl halides is 1. The second kappa shape index (κ2) is 9.51. The summed E-state index contributed by atoms with van der Waals surface area (Å²) in [5.41, 5.74) is 0.413. The molecule has 2 rings (SSSR count). The van der Waals surface area contributed by atoms with Crippen LogP contribution in [0.1, 0.15) is 52.0 Å². The molecule has 0 saturated carbocycles. The van der Waals surface area contributed by atoms with Crippen molar-refractivity contribution in [1.82, 2.24) is 4.90 Å². The normalized spacial score (nSPS) is 20.5. The molecule has 0 bridgehead atoms. The molecule has 5 nitrogen and oxygen atoms in total. The van der Waals surface area contributed by atoms with E-state index in [4.69, 9.17) is 9.47 Å². The highest BCUT2D eigenvalue weighted by molar-refractivity contribution is 9.09. The molecular formula is C20H28BrNO4. The number of amides is 2. The standard InChI is InChI=1S/C20H28BrNO4/c1-20(2,3)26-19(24)22-16(11-7-8-12-21)17(13-18(22)23)25-14-15-9-5-4-6-10-15/h4-6,9-10,16-17H,7-8,11-14H2,1-3H3/t16-,17+/m1/s1. The number of likely N-dealkylation sites (tertiary alicyclic amines) is 1. The van der Waals surface area contributed by atoms with Crippen molar-refractivity contribution in [3.63, 3.8) is 0 Å². The number of rotatable bonds is 7. The molecule has 0 spiro atoms. The Kier molecular flexibility index (Phi) is 7.65. The first kappa shape index (κ1) is 20.9. The second-order valence-corrected chi connectivity index (χ2v) is 8.33. The van der Waals surface area contributed by atoms with Crippen molar-refractivity contribution < 1.29 is 19.1 Å². The highest BCUT2D eigenvalue weighted by atomic mass is 79.9. The maximum absolute atomic E-state index is 12.6. The lowest BCUT2D eigenvalue weighted by molar-refractivity contribution is -0.128. The van der Waals surface area contributed by atoms with E-state index < -0.39 is 11.7 Å². The largest absolute Gasteiger partial charge is 0.443 e. The van der Waals surface area contributed by atoms with Crippen molar-refractivity contribution >= 4 is 27.9 Å². The summed E-state index contributed by atoms with van der Waals surface area (Å²) < 4.78 is 11.5. The monoisotopic (exact) mass is 425 g/mol. The molecule has 0 radical (unpaired) electrons. The van der Waals surface area contributed by atoms with Gasteiger partial charge in [-0.1, -0.05) is 52.7 Å². The van der Waals surface area contributed by atoms with Crippen LogP contribution < -0.4 is 0 Å². The first-order valence-corrected chi connectivity index (χ1v) is 10.2. The van der Waals surface area contributed by atoms with Gasteiger partial charge in [-0.15, -0.1) is 0 Å². The fourth-order valence-corrected chi connectivity index (χ4v) is 3.41. The van der Waals surface area contributed by atoms with Gasteiger partial charge in [0.25, 0.3) is 0 Å². The number of unbranched alkanes of at least 4 members (excludes halogenated alkanes) is 1. The molecule has 2 amide bonds. The predicted octanol–water partition coefficient (Wildman–Crippen LogP) is 4.67. The summed E-state index contributed by atoms with van der Waals surface area (Å²) in [6.45, 7) is 5.83.